The predicted octanol–water partition coefficient (Wildman–Crippen LogP) is 2.50. The largest absolute Gasteiger partial charge is 0.381 e. The molecule has 0 spiro atoms. The maximum Gasteiger partial charge on any atom is 0.183 e. The van der Waals surface area contributed by atoms with Crippen LogP contribution >= 0.6 is 11.6 Å². The first-order chi connectivity index (χ1) is 9.10. The number of benzene rings is 1. The fraction of sp³-hybridized carbons (Fsp3) is 0.154. The molecule has 0 aliphatic rings. The van der Waals surface area contributed by atoms with E-state index in [1.807, 2.05) is 30.3 Å². The second kappa shape index (κ2) is 5.55. The Labute approximate surface area is 116 Å². The first-order valence-corrected chi connectivity index (χ1v) is 6.00. The third-order valence-electron chi connectivity index (χ3n) is 2.55. The van der Waals surface area contributed by atoms with Crippen LogP contribution in [0.1, 0.15) is 17.0 Å². The Morgan fingerprint density at radius 1 is 1.42 bits per heavy atom. The van der Waals surface area contributed by atoms with Gasteiger partial charge in [-0.1, -0.05) is 23.7 Å². The van der Waals surface area contributed by atoms with Crippen molar-refractivity contribution in [2.24, 2.45) is 0 Å². The first kappa shape index (κ1) is 13.1. The summed E-state index contributed by atoms with van der Waals surface area (Å²) >= 11 is 5.91. The SMILES string of the molecule is Cc1nc(C#N)c(N)nc1NCc1cccc(Cl)c1. The number of aryl methyl sites for hydroxylation is 1. The highest BCUT2D eigenvalue weighted by Crippen LogP contribution is 2.16. The highest BCUT2D eigenvalue weighted by molar-refractivity contribution is 6.30. The Hall–Kier alpha value is -2.32. The zero-order valence-electron chi connectivity index (χ0n) is 10.3. The van der Waals surface area contributed by atoms with Crippen LogP contribution in [0.15, 0.2) is 24.3 Å². The number of nitrogen functional groups attached to an aromatic ring is 1. The highest BCUT2D eigenvalue weighted by Gasteiger charge is 2.08. The lowest BCUT2D eigenvalue weighted by atomic mass is 10.2. The second-order valence-corrected chi connectivity index (χ2v) is 4.42. The van der Waals surface area contributed by atoms with Crippen molar-refractivity contribution in [2.75, 3.05) is 11.1 Å². The van der Waals surface area contributed by atoms with Crippen LogP contribution in [0, 0.1) is 18.3 Å². The third kappa shape index (κ3) is 3.12. The van der Waals surface area contributed by atoms with Gasteiger partial charge in [-0.25, -0.2) is 9.97 Å². The van der Waals surface area contributed by atoms with E-state index in [-0.39, 0.29) is 11.5 Å². The van der Waals surface area contributed by atoms with Crippen LogP contribution in [-0.2, 0) is 6.54 Å². The molecule has 2 rings (SSSR count). The van der Waals surface area contributed by atoms with Crippen molar-refractivity contribution in [3.05, 3.63) is 46.2 Å². The first-order valence-electron chi connectivity index (χ1n) is 5.62. The summed E-state index contributed by atoms with van der Waals surface area (Å²) in [5.74, 6) is 0.693. The van der Waals surface area contributed by atoms with Crippen molar-refractivity contribution in [1.29, 1.82) is 5.26 Å². The average molecular weight is 274 g/mol. The van der Waals surface area contributed by atoms with Gasteiger partial charge in [0.1, 0.15) is 11.9 Å². The molecule has 0 bridgehead atoms. The van der Waals surface area contributed by atoms with E-state index < -0.39 is 0 Å². The van der Waals surface area contributed by atoms with Gasteiger partial charge in [0.25, 0.3) is 0 Å². The molecule has 19 heavy (non-hydrogen) atoms. The van der Waals surface area contributed by atoms with Gasteiger partial charge < -0.3 is 11.1 Å². The maximum absolute atomic E-state index is 8.80. The Morgan fingerprint density at radius 3 is 2.89 bits per heavy atom. The number of halogens is 1. The van der Waals surface area contributed by atoms with Crippen LogP contribution < -0.4 is 11.1 Å². The minimum atomic E-state index is 0.127. The number of nitriles is 1. The number of anilines is 2. The van der Waals surface area contributed by atoms with Gasteiger partial charge in [-0.05, 0) is 24.6 Å². The van der Waals surface area contributed by atoms with Gasteiger partial charge in [0.15, 0.2) is 11.5 Å². The Balaban J connectivity index is 2.16. The topological polar surface area (TPSA) is 87.6 Å². The lowest BCUT2D eigenvalue weighted by Crippen LogP contribution is -2.08. The maximum atomic E-state index is 8.80. The predicted molar refractivity (Wildman–Crippen MR) is 74.7 cm³/mol. The number of aromatic nitrogens is 2. The Bertz CT molecular complexity index is 648. The summed E-state index contributed by atoms with van der Waals surface area (Å²) in [4.78, 5) is 8.21. The summed E-state index contributed by atoms with van der Waals surface area (Å²) < 4.78 is 0. The monoisotopic (exact) mass is 273 g/mol. The molecule has 0 atom stereocenters. The zero-order valence-corrected chi connectivity index (χ0v) is 11.1. The van der Waals surface area contributed by atoms with Crippen molar-refractivity contribution in [2.45, 2.75) is 13.5 Å². The van der Waals surface area contributed by atoms with Crippen LogP contribution in [0.5, 0.6) is 0 Å². The van der Waals surface area contributed by atoms with Crippen molar-refractivity contribution in [3.63, 3.8) is 0 Å². The van der Waals surface area contributed by atoms with Crippen LogP contribution in [0.3, 0.4) is 0 Å². The molecule has 1 aromatic heterocycles. The molecule has 5 nitrogen and oxygen atoms in total. The highest BCUT2D eigenvalue weighted by atomic mass is 35.5. The summed E-state index contributed by atoms with van der Waals surface area (Å²) in [6.07, 6.45) is 0. The summed E-state index contributed by atoms with van der Waals surface area (Å²) in [7, 11) is 0. The number of rotatable bonds is 3. The standard InChI is InChI=1S/C13H12ClN5/c1-8-13(19-12(16)11(6-15)18-8)17-7-9-3-2-4-10(14)5-9/h2-5H,7H2,1H3,(H3,16,17,19). The molecule has 3 N–H and O–H groups in total. The van der Waals surface area contributed by atoms with Crippen molar-refractivity contribution in [1.82, 2.24) is 9.97 Å². The Kier molecular flexibility index (Phi) is 3.83. The van der Waals surface area contributed by atoms with Gasteiger partial charge in [-0.15, -0.1) is 0 Å². The van der Waals surface area contributed by atoms with E-state index in [9.17, 15) is 0 Å². The average Bonchev–Trinajstić information content (AvgIpc) is 2.39. The van der Waals surface area contributed by atoms with Crippen LogP contribution in [0.25, 0.3) is 0 Å². The lowest BCUT2D eigenvalue weighted by molar-refractivity contribution is 1.04. The van der Waals surface area contributed by atoms with E-state index in [0.29, 0.717) is 23.1 Å². The number of hydrogen-bond acceptors (Lipinski definition) is 5. The van der Waals surface area contributed by atoms with E-state index in [2.05, 4.69) is 15.3 Å². The molecule has 0 amide bonds. The zero-order chi connectivity index (χ0) is 13.8. The Morgan fingerprint density at radius 2 is 2.21 bits per heavy atom. The van der Waals surface area contributed by atoms with Gasteiger partial charge in [0, 0.05) is 11.6 Å². The third-order valence-corrected chi connectivity index (χ3v) is 2.79. The van der Waals surface area contributed by atoms with Crippen molar-refractivity contribution >= 4 is 23.2 Å². The van der Waals surface area contributed by atoms with Crippen molar-refractivity contribution in [3.8, 4) is 6.07 Å². The number of nitrogens with two attached hydrogens (primary N) is 1. The molecule has 0 saturated heterocycles. The van der Waals surface area contributed by atoms with Crippen LogP contribution in [0.4, 0.5) is 11.6 Å². The molecule has 0 aliphatic carbocycles. The molecule has 0 fully saturated rings. The molecule has 0 unspecified atom stereocenters. The molecule has 96 valence electrons. The molecule has 0 saturated carbocycles. The normalized spacial score (nSPS) is 9.95. The van der Waals surface area contributed by atoms with Gasteiger partial charge in [-0.2, -0.15) is 5.26 Å². The van der Waals surface area contributed by atoms with E-state index in [1.165, 1.54) is 0 Å². The quantitative estimate of drug-likeness (QED) is 0.897. The molecular weight excluding hydrogens is 262 g/mol. The molecule has 0 radical (unpaired) electrons. The molecule has 1 heterocycles. The van der Waals surface area contributed by atoms with E-state index in [0.717, 1.165) is 5.56 Å². The summed E-state index contributed by atoms with van der Waals surface area (Å²) in [5.41, 5.74) is 7.44. The summed E-state index contributed by atoms with van der Waals surface area (Å²) in [6.45, 7) is 2.33. The molecular formula is C13H12ClN5. The van der Waals surface area contributed by atoms with Crippen LogP contribution in [0.2, 0.25) is 5.02 Å². The lowest BCUT2D eigenvalue weighted by Gasteiger charge is -2.09. The van der Waals surface area contributed by atoms with E-state index >= 15 is 0 Å². The van der Waals surface area contributed by atoms with Crippen LogP contribution in [-0.4, -0.2) is 9.97 Å². The summed E-state index contributed by atoms with van der Waals surface area (Å²) in [5, 5.41) is 12.6. The fourth-order valence-electron chi connectivity index (χ4n) is 1.61. The summed E-state index contributed by atoms with van der Waals surface area (Å²) in [6, 6.07) is 9.41. The van der Waals surface area contributed by atoms with Gasteiger partial charge in [0.2, 0.25) is 0 Å². The molecule has 0 aliphatic heterocycles. The number of nitrogens with zero attached hydrogens (tertiary/aromatic N) is 3. The van der Waals surface area contributed by atoms with E-state index in [1.54, 1.807) is 6.92 Å². The fourth-order valence-corrected chi connectivity index (χ4v) is 1.83. The van der Waals surface area contributed by atoms with E-state index in [4.69, 9.17) is 22.6 Å². The number of nitrogens with one attached hydrogen (secondary N) is 1. The molecule has 2 aromatic rings. The number of hydrogen-bond donors (Lipinski definition) is 2. The van der Waals surface area contributed by atoms with Gasteiger partial charge in [0.05, 0.1) is 5.69 Å². The molecule has 1 aromatic carbocycles. The smallest absolute Gasteiger partial charge is 0.183 e. The van der Waals surface area contributed by atoms with Gasteiger partial charge in [-0.3, -0.25) is 0 Å². The van der Waals surface area contributed by atoms with Gasteiger partial charge >= 0.3 is 0 Å². The van der Waals surface area contributed by atoms with Crippen molar-refractivity contribution < 1.29 is 0 Å². The minimum absolute atomic E-state index is 0.127. The molecule has 6 heteroatoms. The second-order valence-electron chi connectivity index (χ2n) is 3.99. The minimum Gasteiger partial charge on any atom is -0.381 e.